The molecule has 0 bridgehead atoms. The molecular weight excluding hydrogens is 280 g/mol. The van der Waals surface area contributed by atoms with Crippen LogP contribution in [-0.4, -0.2) is 9.97 Å². The SMILES string of the molecule is Cc1cc(C)cc(-c2ncnc3c2cc(C)c2ccccc23)c1. The number of benzene rings is 3. The van der Waals surface area contributed by atoms with Gasteiger partial charge >= 0.3 is 0 Å². The summed E-state index contributed by atoms with van der Waals surface area (Å²) in [7, 11) is 0. The second-order valence-corrected chi connectivity index (χ2v) is 6.23. The molecule has 3 aromatic carbocycles. The summed E-state index contributed by atoms with van der Waals surface area (Å²) in [6, 6.07) is 17.2. The first-order valence-corrected chi connectivity index (χ1v) is 7.85. The number of hydrogen-bond donors (Lipinski definition) is 0. The average molecular weight is 298 g/mol. The first-order valence-electron chi connectivity index (χ1n) is 7.85. The molecule has 1 heterocycles. The van der Waals surface area contributed by atoms with E-state index in [1.54, 1.807) is 6.33 Å². The molecule has 0 saturated heterocycles. The summed E-state index contributed by atoms with van der Waals surface area (Å²) in [5.41, 5.74) is 6.96. The lowest BCUT2D eigenvalue weighted by Gasteiger charge is -2.11. The first kappa shape index (κ1) is 13.9. The molecule has 2 nitrogen and oxygen atoms in total. The van der Waals surface area contributed by atoms with Crippen LogP contribution in [0.4, 0.5) is 0 Å². The molecule has 0 aliphatic carbocycles. The van der Waals surface area contributed by atoms with Crippen LogP contribution in [0, 0.1) is 20.8 Å². The van der Waals surface area contributed by atoms with Gasteiger partial charge in [-0.05, 0) is 49.9 Å². The standard InChI is InChI=1S/C21H18N2/c1-13-8-14(2)10-16(9-13)20-19-11-15(3)17-6-4-5-7-18(17)21(19)23-12-22-20/h4-12H,1-3H3. The summed E-state index contributed by atoms with van der Waals surface area (Å²) in [4.78, 5) is 9.17. The van der Waals surface area contributed by atoms with E-state index in [1.165, 1.54) is 27.5 Å². The average Bonchev–Trinajstić information content (AvgIpc) is 2.54. The second-order valence-electron chi connectivity index (χ2n) is 6.23. The largest absolute Gasteiger partial charge is 0.236 e. The van der Waals surface area contributed by atoms with Crippen molar-refractivity contribution < 1.29 is 0 Å². The number of nitrogens with zero attached hydrogens (tertiary/aromatic N) is 2. The summed E-state index contributed by atoms with van der Waals surface area (Å²) in [6.45, 7) is 6.40. The van der Waals surface area contributed by atoms with Crippen LogP contribution in [0.5, 0.6) is 0 Å². The predicted octanol–water partition coefficient (Wildman–Crippen LogP) is 5.38. The van der Waals surface area contributed by atoms with Crippen LogP contribution >= 0.6 is 0 Å². The van der Waals surface area contributed by atoms with Gasteiger partial charge in [0.25, 0.3) is 0 Å². The van der Waals surface area contributed by atoms with Gasteiger partial charge in [0.1, 0.15) is 6.33 Å². The van der Waals surface area contributed by atoms with Gasteiger partial charge in [0, 0.05) is 16.3 Å². The summed E-state index contributed by atoms with van der Waals surface area (Å²) < 4.78 is 0. The highest BCUT2D eigenvalue weighted by Gasteiger charge is 2.11. The summed E-state index contributed by atoms with van der Waals surface area (Å²) in [6.07, 6.45) is 1.68. The molecule has 0 amide bonds. The first-order chi connectivity index (χ1) is 11.1. The van der Waals surface area contributed by atoms with Crippen molar-refractivity contribution in [2.24, 2.45) is 0 Å². The van der Waals surface area contributed by atoms with Gasteiger partial charge in [-0.25, -0.2) is 9.97 Å². The smallest absolute Gasteiger partial charge is 0.116 e. The molecule has 0 radical (unpaired) electrons. The van der Waals surface area contributed by atoms with E-state index in [-0.39, 0.29) is 0 Å². The van der Waals surface area contributed by atoms with E-state index in [4.69, 9.17) is 0 Å². The molecule has 2 heteroatoms. The molecule has 0 fully saturated rings. The lowest BCUT2D eigenvalue weighted by molar-refractivity contribution is 1.22. The molecule has 23 heavy (non-hydrogen) atoms. The van der Waals surface area contributed by atoms with Gasteiger partial charge in [-0.3, -0.25) is 0 Å². The lowest BCUT2D eigenvalue weighted by Crippen LogP contribution is -1.93. The molecule has 0 saturated carbocycles. The monoisotopic (exact) mass is 298 g/mol. The van der Waals surface area contributed by atoms with E-state index in [0.717, 1.165) is 22.2 Å². The number of hydrogen-bond acceptors (Lipinski definition) is 2. The number of aryl methyl sites for hydroxylation is 3. The lowest BCUT2D eigenvalue weighted by atomic mass is 9.97. The summed E-state index contributed by atoms with van der Waals surface area (Å²) >= 11 is 0. The fourth-order valence-corrected chi connectivity index (χ4v) is 3.42. The Labute approximate surface area is 135 Å². The molecule has 0 aliphatic rings. The molecular formula is C21H18N2. The second kappa shape index (κ2) is 5.17. The van der Waals surface area contributed by atoms with Gasteiger partial charge in [-0.15, -0.1) is 0 Å². The zero-order valence-corrected chi connectivity index (χ0v) is 13.6. The molecule has 4 rings (SSSR count). The van der Waals surface area contributed by atoms with E-state index in [9.17, 15) is 0 Å². The Morgan fingerprint density at radius 3 is 2.13 bits per heavy atom. The minimum Gasteiger partial charge on any atom is -0.236 e. The molecule has 112 valence electrons. The topological polar surface area (TPSA) is 25.8 Å². The quantitative estimate of drug-likeness (QED) is 0.441. The third-order valence-corrected chi connectivity index (χ3v) is 4.35. The van der Waals surface area contributed by atoms with Crippen LogP contribution in [0.15, 0.2) is 54.9 Å². The zero-order valence-electron chi connectivity index (χ0n) is 13.6. The Balaban J connectivity index is 2.13. The highest BCUT2D eigenvalue weighted by atomic mass is 14.8. The molecule has 4 aromatic rings. The Hall–Kier alpha value is -2.74. The van der Waals surface area contributed by atoms with Crippen LogP contribution in [-0.2, 0) is 0 Å². The fourth-order valence-electron chi connectivity index (χ4n) is 3.42. The van der Waals surface area contributed by atoms with Gasteiger partial charge < -0.3 is 0 Å². The van der Waals surface area contributed by atoms with Crippen LogP contribution in [0.2, 0.25) is 0 Å². The number of aromatic nitrogens is 2. The molecule has 0 atom stereocenters. The highest BCUT2D eigenvalue weighted by molar-refractivity contribution is 6.10. The van der Waals surface area contributed by atoms with E-state index in [2.05, 4.69) is 79.3 Å². The maximum atomic E-state index is 4.60. The van der Waals surface area contributed by atoms with Crippen molar-refractivity contribution in [3.05, 3.63) is 71.5 Å². The maximum absolute atomic E-state index is 4.60. The fraction of sp³-hybridized carbons (Fsp3) is 0.143. The van der Waals surface area contributed by atoms with Crippen LogP contribution < -0.4 is 0 Å². The minimum absolute atomic E-state index is 1.01. The van der Waals surface area contributed by atoms with Gasteiger partial charge in [0.15, 0.2) is 0 Å². The van der Waals surface area contributed by atoms with Crippen LogP contribution in [0.25, 0.3) is 32.9 Å². The van der Waals surface area contributed by atoms with Gasteiger partial charge in [0.2, 0.25) is 0 Å². The highest BCUT2D eigenvalue weighted by Crippen LogP contribution is 2.32. The molecule has 1 aromatic heterocycles. The van der Waals surface area contributed by atoms with E-state index < -0.39 is 0 Å². The Morgan fingerprint density at radius 1 is 0.696 bits per heavy atom. The van der Waals surface area contributed by atoms with Crippen molar-refractivity contribution in [2.75, 3.05) is 0 Å². The number of rotatable bonds is 1. The van der Waals surface area contributed by atoms with Crippen LogP contribution in [0.1, 0.15) is 16.7 Å². The minimum atomic E-state index is 1.01. The van der Waals surface area contributed by atoms with Gasteiger partial charge in [0.05, 0.1) is 11.2 Å². The number of fused-ring (bicyclic) bond motifs is 3. The van der Waals surface area contributed by atoms with Crippen molar-refractivity contribution in [2.45, 2.75) is 20.8 Å². The van der Waals surface area contributed by atoms with E-state index in [1.807, 2.05) is 0 Å². The van der Waals surface area contributed by atoms with E-state index in [0.29, 0.717) is 0 Å². The molecule has 0 unspecified atom stereocenters. The van der Waals surface area contributed by atoms with Crippen molar-refractivity contribution >= 4 is 21.7 Å². The van der Waals surface area contributed by atoms with Crippen molar-refractivity contribution in [1.82, 2.24) is 9.97 Å². The van der Waals surface area contributed by atoms with Crippen molar-refractivity contribution in [3.8, 4) is 11.3 Å². The molecule has 0 aliphatic heterocycles. The summed E-state index contributed by atoms with van der Waals surface area (Å²) in [5.74, 6) is 0. The Bertz CT molecular complexity index is 1030. The third-order valence-electron chi connectivity index (χ3n) is 4.35. The predicted molar refractivity (Wildman–Crippen MR) is 96.7 cm³/mol. The normalized spacial score (nSPS) is 11.3. The van der Waals surface area contributed by atoms with Gasteiger partial charge in [-0.1, -0.05) is 41.5 Å². The van der Waals surface area contributed by atoms with Crippen LogP contribution in [0.3, 0.4) is 0 Å². The van der Waals surface area contributed by atoms with Gasteiger partial charge in [-0.2, -0.15) is 0 Å². The zero-order chi connectivity index (χ0) is 16.0. The molecule has 0 spiro atoms. The molecule has 0 N–H and O–H groups in total. The van der Waals surface area contributed by atoms with Crippen molar-refractivity contribution in [3.63, 3.8) is 0 Å². The Kier molecular flexibility index (Phi) is 3.12. The van der Waals surface area contributed by atoms with E-state index >= 15 is 0 Å². The Morgan fingerprint density at radius 2 is 1.39 bits per heavy atom. The van der Waals surface area contributed by atoms with Crippen molar-refractivity contribution in [1.29, 1.82) is 0 Å². The summed E-state index contributed by atoms with van der Waals surface area (Å²) in [5, 5.41) is 3.56. The third kappa shape index (κ3) is 2.27. The maximum Gasteiger partial charge on any atom is 0.116 e.